The molecule has 1 aliphatic heterocycles. The first-order valence-corrected chi connectivity index (χ1v) is 9.15. The first kappa shape index (κ1) is 19.5. The average molecular weight is 383 g/mol. The molecule has 6 nitrogen and oxygen atoms in total. The maximum absolute atomic E-state index is 12.9. The van der Waals surface area contributed by atoms with Gasteiger partial charge < -0.3 is 10.0 Å². The second-order valence-corrected chi connectivity index (χ2v) is 6.68. The monoisotopic (exact) mass is 383 g/mol. The van der Waals surface area contributed by atoms with Gasteiger partial charge in [0.1, 0.15) is 0 Å². The van der Waals surface area contributed by atoms with Crippen LogP contribution in [0.4, 0.5) is 4.39 Å². The molecule has 1 amide bonds. The number of halogens is 1. The Hall–Kier alpha value is -3.22. The lowest BCUT2D eigenvalue weighted by Gasteiger charge is -2.30. The van der Waals surface area contributed by atoms with E-state index in [0.717, 1.165) is 16.5 Å². The number of piperidine rings is 1. The molecule has 0 saturated carbocycles. The van der Waals surface area contributed by atoms with E-state index in [2.05, 4.69) is 10.2 Å². The number of carbonyl (C=O) groups excluding carboxylic acids is 1. The molecule has 0 aliphatic carbocycles. The average Bonchev–Trinajstić information content (AvgIpc) is 3.13. The van der Waals surface area contributed by atoms with Gasteiger partial charge in [0, 0.05) is 29.6 Å². The van der Waals surface area contributed by atoms with E-state index in [1.165, 1.54) is 6.08 Å². The van der Waals surface area contributed by atoms with Gasteiger partial charge in [-0.3, -0.25) is 14.7 Å². The van der Waals surface area contributed by atoms with Crippen molar-refractivity contribution in [1.82, 2.24) is 15.1 Å². The van der Waals surface area contributed by atoms with Crippen LogP contribution in [0.15, 0.2) is 48.8 Å². The minimum atomic E-state index is -0.804. The van der Waals surface area contributed by atoms with Crippen LogP contribution in [0.5, 0.6) is 0 Å². The summed E-state index contributed by atoms with van der Waals surface area (Å²) in [5.41, 5.74) is 2.64. The van der Waals surface area contributed by atoms with E-state index in [1.54, 1.807) is 29.2 Å². The number of fused-ring (bicyclic) bond motifs is 1. The SMILES string of the molecule is C\C=C/C(=C\C=C\F)c1n[nH]c2ccc(C(=O)N3CCC(C(=O)O)CC3)cc12. The Bertz CT molecular complexity index is 966. The highest BCUT2D eigenvalue weighted by atomic mass is 19.1. The molecule has 7 heteroatoms. The predicted molar refractivity (Wildman–Crippen MR) is 105 cm³/mol. The third kappa shape index (κ3) is 4.03. The number of likely N-dealkylation sites (tertiary alicyclic amines) is 1. The summed E-state index contributed by atoms with van der Waals surface area (Å²) in [5.74, 6) is -1.32. The summed E-state index contributed by atoms with van der Waals surface area (Å²) in [7, 11) is 0. The fraction of sp³-hybridized carbons (Fsp3) is 0.286. The van der Waals surface area contributed by atoms with E-state index in [4.69, 9.17) is 5.11 Å². The Balaban J connectivity index is 1.89. The van der Waals surface area contributed by atoms with Gasteiger partial charge in [-0.15, -0.1) is 0 Å². The molecular weight excluding hydrogens is 361 g/mol. The largest absolute Gasteiger partial charge is 0.481 e. The summed E-state index contributed by atoms with van der Waals surface area (Å²) in [6.07, 6.45) is 7.93. The number of carboxylic acid groups (broad SMARTS) is 1. The highest BCUT2D eigenvalue weighted by Crippen LogP contribution is 2.26. The zero-order valence-electron chi connectivity index (χ0n) is 15.6. The second kappa shape index (κ2) is 8.65. The normalized spacial score (nSPS) is 16.5. The first-order chi connectivity index (χ1) is 13.5. The van der Waals surface area contributed by atoms with E-state index >= 15 is 0 Å². The van der Waals surface area contributed by atoms with E-state index in [9.17, 15) is 14.0 Å². The third-order valence-electron chi connectivity index (χ3n) is 4.91. The van der Waals surface area contributed by atoms with Crippen LogP contribution in [0.2, 0.25) is 0 Å². The summed E-state index contributed by atoms with van der Waals surface area (Å²) < 4.78 is 12.4. The van der Waals surface area contributed by atoms with Crippen molar-refractivity contribution in [3.63, 3.8) is 0 Å². The molecule has 3 rings (SSSR count). The number of carboxylic acids is 1. The van der Waals surface area contributed by atoms with Crippen LogP contribution in [-0.4, -0.2) is 45.2 Å². The highest BCUT2D eigenvalue weighted by Gasteiger charge is 2.27. The number of H-pyrrole nitrogens is 1. The quantitative estimate of drug-likeness (QED) is 0.766. The van der Waals surface area contributed by atoms with Crippen molar-refractivity contribution in [2.24, 2.45) is 5.92 Å². The smallest absolute Gasteiger partial charge is 0.306 e. The lowest BCUT2D eigenvalue weighted by molar-refractivity contribution is -0.143. The van der Waals surface area contributed by atoms with Crippen molar-refractivity contribution < 1.29 is 19.1 Å². The van der Waals surface area contributed by atoms with Crippen molar-refractivity contribution >= 4 is 28.4 Å². The summed E-state index contributed by atoms with van der Waals surface area (Å²) in [4.78, 5) is 25.7. The maximum Gasteiger partial charge on any atom is 0.306 e. The fourth-order valence-corrected chi connectivity index (χ4v) is 3.41. The highest BCUT2D eigenvalue weighted by molar-refractivity contribution is 6.01. The van der Waals surface area contributed by atoms with Crippen molar-refractivity contribution in [2.75, 3.05) is 13.1 Å². The zero-order chi connectivity index (χ0) is 20.1. The minimum absolute atomic E-state index is 0.127. The summed E-state index contributed by atoms with van der Waals surface area (Å²) >= 11 is 0. The second-order valence-electron chi connectivity index (χ2n) is 6.68. The van der Waals surface area contributed by atoms with Crippen LogP contribution in [0.25, 0.3) is 16.5 Å². The van der Waals surface area contributed by atoms with Gasteiger partial charge in [-0.05, 0) is 44.0 Å². The number of aromatic nitrogens is 2. The van der Waals surface area contributed by atoms with Crippen molar-refractivity contribution in [1.29, 1.82) is 0 Å². The number of hydrogen-bond donors (Lipinski definition) is 2. The zero-order valence-corrected chi connectivity index (χ0v) is 15.6. The van der Waals surface area contributed by atoms with Gasteiger partial charge in [-0.1, -0.05) is 18.2 Å². The van der Waals surface area contributed by atoms with Crippen LogP contribution in [0.1, 0.15) is 35.8 Å². The molecule has 2 aromatic rings. The van der Waals surface area contributed by atoms with Gasteiger partial charge in [-0.25, -0.2) is 4.39 Å². The Morgan fingerprint density at radius 2 is 2.07 bits per heavy atom. The number of aliphatic carboxylic acids is 1. The number of carbonyl (C=O) groups is 2. The van der Waals surface area contributed by atoms with Gasteiger partial charge in [0.05, 0.1) is 23.5 Å². The molecule has 0 atom stereocenters. The number of allylic oxidation sites excluding steroid dienone is 5. The topological polar surface area (TPSA) is 86.3 Å². The van der Waals surface area contributed by atoms with E-state index in [-0.39, 0.29) is 11.8 Å². The standard InChI is InChI=1S/C21H22FN3O3/c1-2-4-14(5-3-10-22)19-17-13-16(6-7-18(17)23-24-19)20(26)25-11-8-15(9-12-25)21(27)28/h2-7,10,13,15H,8-9,11-12H2,1H3,(H,23,24)(H,27,28)/b4-2-,10-3+,14-5+. The van der Waals surface area contributed by atoms with Crippen LogP contribution in [0.3, 0.4) is 0 Å². The molecule has 0 unspecified atom stereocenters. The van der Waals surface area contributed by atoms with Crippen molar-refractivity contribution in [3.8, 4) is 0 Å². The number of amides is 1. The lowest BCUT2D eigenvalue weighted by atomic mass is 9.96. The van der Waals surface area contributed by atoms with Crippen LogP contribution < -0.4 is 0 Å². The molecule has 0 bridgehead atoms. The van der Waals surface area contributed by atoms with Crippen molar-refractivity contribution in [3.05, 3.63) is 60.1 Å². The number of aromatic amines is 1. The first-order valence-electron chi connectivity index (χ1n) is 9.15. The number of nitrogens with one attached hydrogen (secondary N) is 1. The molecule has 1 fully saturated rings. The van der Waals surface area contributed by atoms with E-state index in [0.29, 0.717) is 43.5 Å². The number of benzene rings is 1. The predicted octanol–water partition coefficient (Wildman–Crippen LogP) is 3.94. The Labute approximate surface area is 162 Å². The number of nitrogens with zero attached hydrogens (tertiary/aromatic N) is 2. The summed E-state index contributed by atoms with van der Waals surface area (Å²) in [5, 5.41) is 17.1. The van der Waals surface area contributed by atoms with Crippen LogP contribution in [0, 0.1) is 5.92 Å². The van der Waals surface area contributed by atoms with Gasteiger partial charge in [-0.2, -0.15) is 5.10 Å². The summed E-state index contributed by atoms with van der Waals surface area (Å²) in [6.45, 7) is 2.71. The minimum Gasteiger partial charge on any atom is -0.481 e. The van der Waals surface area contributed by atoms with Gasteiger partial charge in [0.15, 0.2) is 0 Å². The third-order valence-corrected chi connectivity index (χ3v) is 4.91. The summed E-state index contributed by atoms with van der Waals surface area (Å²) in [6, 6.07) is 5.30. The van der Waals surface area contributed by atoms with Crippen LogP contribution in [-0.2, 0) is 4.79 Å². The Morgan fingerprint density at radius 3 is 2.71 bits per heavy atom. The molecule has 2 heterocycles. The molecule has 0 radical (unpaired) electrons. The molecule has 1 aromatic carbocycles. The molecule has 1 aliphatic rings. The van der Waals surface area contributed by atoms with Gasteiger partial charge in [0.2, 0.25) is 0 Å². The molecular formula is C21H22FN3O3. The molecule has 146 valence electrons. The number of rotatable bonds is 5. The lowest BCUT2D eigenvalue weighted by Crippen LogP contribution is -2.40. The van der Waals surface area contributed by atoms with Crippen molar-refractivity contribution in [2.45, 2.75) is 19.8 Å². The van der Waals surface area contributed by atoms with Crippen LogP contribution >= 0.6 is 0 Å². The van der Waals surface area contributed by atoms with E-state index < -0.39 is 5.97 Å². The van der Waals surface area contributed by atoms with Gasteiger partial charge in [0.25, 0.3) is 5.91 Å². The molecule has 1 saturated heterocycles. The van der Waals surface area contributed by atoms with Gasteiger partial charge >= 0.3 is 5.97 Å². The molecule has 2 N–H and O–H groups in total. The molecule has 28 heavy (non-hydrogen) atoms. The Kier molecular flexibility index (Phi) is 6.03. The molecule has 1 aromatic heterocycles. The van der Waals surface area contributed by atoms with E-state index in [1.807, 2.05) is 19.1 Å². The Morgan fingerprint density at radius 1 is 1.32 bits per heavy atom. The molecule has 0 spiro atoms. The fourth-order valence-electron chi connectivity index (χ4n) is 3.41. The number of hydrogen-bond acceptors (Lipinski definition) is 3. The maximum atomic E-state index is 12.9.